The molecule has 6 heterocycles. The van der Waals surface area contributed by atoms with Gasteiger partial charge in [-0.3, -0.25) is 14.9 Å². The zero-order valence-electron chi connectivity index (χ0n) is 53.2. The lowest BCUT2D eigenvalue weighted by Gasteiger charge is -2.47. The number of aliphatic imine (C=N–C) groups is 1. The summed E-state index contributed by atoms with van der Waals surface area (Å²) in [6.45, 7) is 31.2. The van der Waals surface area contributed by atoms with E-state index in [4.69, 9.17) is 22.7 Å². The Hall–Kier alpha value is -6.71. The number of aromatic nitrogens is 2. The van der Waals surface area contributed by atoms with Crippen molar-refractivity contribution in [3.8, 4) is 22.5 Å². The van der Waals surface area contributed by atoms with Crippen molar-refractivity contribution in [1.82, 2.24) is 30.4 Å². The number of alkyl carbamates (subject to hydrolysis) is 1. The number of nitrogens with one attached hydrogen (secondary N) is 4. The molecule has 2 aliphatic carbocycles. The standard InChI is InChI=1S/C35H46N4O3S.C30H39N3O.C5H7NO2S/c1-20(2)42-34(41)38-33(43)36-18-23(5)30-28-17-26(35(6,7)32(40)39-19-24-8-11-27(39)12-9-24)10-13-29(28)37-31(30)25-15-21(3)14-22(4)16-25;1-18-12-19(2)14-22(13-18)28-27(20(3)16-31)25-15-23(8-11-26(25)32-28)30(4,5)29(34)33-17-21-6-9-24(33)10-7-21;1-4(2)8-5(7)6-3-9/h10,13-17,20,23-24,27,37H,8-9,11-12,18-19H2,1-7H3,(H2,36,38,41,43);8,11-15,20-21,24,32H,6-7,9-10,16-17,31H2,1-5H3;4H,1-2H3/t23-,24?,27?;20-,21?,24?;/m11./s1. The average Bonchev–Trinajstić information content (AvgIpc) is 1.86. The molecular weight excluding hydrogens is 1110 g/mol. The minimum absolute atomic E-state index is 0.0253. The lowest BCUT2D eigenvalue weighted by atomic mass is 9.76. The van der Waals surface area contributed by atoms with Gasteiger partial charge >= 0.3 is 12.2 Å². The van der Waals surface area contributed by atoms with Crippen LogP contribution in [-0.4, -0.2) is 105 Å². The molecule has 2 saturated carbocycles. The van der Waals surface area contributed by atoms with Crippen molar-refractivity contribution < 1.29 is 28.7 Å². The number of hydrogen-bond donors (Lipinski definition) is 5. The maximum absolute atomic E-state index is 14.0. The van der Waals surface area contributed by atoms with E-state index < -0.39 is 23.0 Å². The van der Waals surface area contributed by atoms with Crippen LogP contribution < -0.4 is 16.4 Å². The van der Waals surface area contributed by atoms with Crippen molar-refractivity contribution in [2.24, 2.45) is 22.6 Å². The van der Waals surface area contributed by atoms with Crippen LogP contribution in [-0.2, 0) is 29.9 Å². The quantitative estimate of drug-likeness (QED) is 0.0550. The molecule has 12 rings (SSSR count). The van der Waals surface area contributed by atoms with Gasteiger partial charge in [-0.1, -0.05) is 60.4 Å². The van der Waals surface area contributed by atoms with Crippen LogP contribution in [0, 0.1) is 39.5 Å². The van der Waals surface area contributed by atoms with E-state index in [1.807, 2.05) is 5.16 Å². The summed E-state index contributed by atoms with van der Waals surface area (Å²) >= 11 is 9.56. The molecule has 0 radical (unpaired) electrons. The van der Waals surface area contributed by atoms with Crippen molar-refractivity contribution in [3.63, 3.8) is 0 Å². The largest absolute Gasteiger partial charge is 0.447 e. The van der Waals surface area contributed by atoms with Gasteiger partial charge in [-0.15, -0.1) is 4.99 Å². The highest BCUT2D eigenvalue weighted by atomic mass is 32.1. The van der Waals surface area contributed by atoms with Crippen LogP contribution in [0.2, 0.25) is 0 Å². The molecule has 16 heteroatoms. The van der Waals surface area contributed by atoms with E-state index >= 15 is 0 Å². The first-order chi connectivity index (χ1) is 40.7. The third-order valence-electron chi connectivity index (χ3n) is 18.1. The minimum Gasteiger partial charge on any atom is -0.447 e. The van der Waals surface area contributed by atoms with Crippen LogP contribution in [0.4, 0.5) is 9.59 Å². The fourth-order valence-electron chi connectivity index (χ4n) is 13.6. The molecule has 4 saturated heterocycles. The van der Waals surface area contributed by atoms with Gasteiger partial charge in [-0.2, -0.15) is 0 Å². The molecule has 6 fully saturated rings. The van der Waals surface area contributed by atoms with Crippen LogP contribution in [0.25, 0.3) is 44.3 Å². The monoisotopic (exact) mass is 1200 g/mol. The number of amides is 4. The van der Waals surface area contributed by atoms with Gasteiger partial charge < -0.3 is 40.3 Å². The number of ether oxygens (including phenoxy) is 2. The van der Waals surface area contributed by atoms with Gasteiger partial charge in [0.05, 0.1) is 39.6 Å². The zero-order chi connectivity index (χ0) is 62.5. The molecule has 4 amide bonds. The number of hydrogen-bond acceptors (Lipinski definition) is 9. The minimum atomic E-state index is -0.681. The SMILES string of the molecule is CC(C)OC(=O)N=C=S.Cc1cc(C)cc(-c2[nH]c3ccc(C(C)(C)C(=O)N4CC5CCC4CC5)cc3c2[C@H](C)CN)c1.Cc1cc(C)cc(-c2[nH]c3ccc(C(C)(C)C(=O)N4CC5CCC4CC5)cc3c2[C@H](C)CNC(=S)NC(=O)OC(C)C)c1. The van der Waals surface area contributed by atoms with E-state index in [2.05, 4.69) is 194 Å². The van der Waals surface area contributed by atoms with Gasteiger partial charge in [-0.25, -0.2) is 9.59 Å². The van der Waals surface area contributed by atoms with Gasteiger partial charge in [-0.05, 0) is 265 Å². The third-order valence-corrected chi connectivity index (χ3v) is 18.4. The van der Waals surface area contributed by atoms with Gasteiger partial charge in [0, 0.05) is 59.4 Å². The molecule has 0 spiro atoms. The number of fused-ring (bicyclic) bond motifs is 8. The molecule has 6 aromatic rings. The van der Waals surface area contributed by atoms with Crippen molar-refractivity contribution in [3.05, 3.63) is 117 Å². The Labute approximate surface area is 520 Å². The summed E-state index contributed by atoms with van der Waals surface area (Å²) in [6, 6.07) is 27.1. The number of nitrogens with zero attached hydrogens (tertiary/aromatic N) is 3. The molecule has 0 unspecified atom stereocenters. The normalized spacial score (nSPS) is 18.8. The number of rotatable bonds is 13. The molecule has 460 valence electrons. The average molecular weight is 1210 g/mol. The predicted molar refractivity (Wildman–Crippen MR) is 355 cm³/mol. The molecule has 6 N–H and O–H groups in total. The number of isothiocyanates is 1. The van der Waals surface area contributed by atoms with Crippen LogP contribution >= 0.6 is 24.4 Å². The third kappa shape index (κ3) is 15.0. The number of carbonyl (C=O) groups is 4. The Bertz CT molecular complexity index is 3480. The Morgan fingerprint density at radius 2 is 1.03 bits per heavy atom. The summed E-state index contributed by atoms with van der Waals surface area (Å²) in [5, 5.41) is 10.2. The fourth-order valence-corrected chi connectivity index (χ4v) is 13.9. The molecule has 86 heavy (non-hydrogen) atoms. The second-order valence-electron chi connectivity index (χ2n) is 26.6. The summed E-state index contributed by atoms with van der Waals surface area (Å²) in [7, 11) is 0. The van der Waals surface area contributed by atoms with Crippen molar-refractivity contribution >= 4 is 80.5 Å². The lowest BCUT2D eigenvalue weighted by Crippen LogP contribution is -2.55. The summed E-state index contributed by atoms with van der Waals surface area (Å²) in [4.78, 5) is 65.1. The second-order valence-corrected chi connectivity index (χ2v) is 27.2. The molecule has 6 aliphatic rings. The summed E-state index contributed by atoms with van der Waals surface area (Å²) in [6.07, 6.45) is 8.03. The first-order valence-electron chi connectivity index (χ1n) is 31.0. The zero-order valence-corrected chi connectivity index (χ0v) is 54.9. The number of H-pyrrole nitrogens is 2. The maximum Gasteiger partial charge on any atom is 0.442 e. The number of nitrogens with two attached hydrogens (primary N) is 1. The highest BCUT2D eigenvalue weighted by Gasteiger charge is 2.44. The van der Waals surface area contributed by atoms with Crippen molar-refractivity contribution in [2.45, 2.75) is 195 Å². The number of thiocarbonyl (C=S) groups is 2. The number of piperidine rings is 4. The van der Waals surface area contributed by atoms with Gasteiger partial charge in [0.1, 0.15) is 0 Å². The summed E-state index contributed by atoms with van der Waals surface area (Å²) in [5.74, 6) is 2.07. The van der Waals surface area contributed by atoms with Crippen LogP contribution in [0.1, 0.15) is 177 Å². The number of aryl methyl sites for hydroxylation is 4. The highest BCUT2D eigenvalue weighted by molar-refractivity contribution is 7.80. The van der Waals surface area contributed by atoms with E-state index in [0.717, 1.165) is 76.0 Å². The number of carbonyl (C=O) groups excluding carboxylic acids is 4. The summed E-state index contributed by atoms with van der Waals surface area (Å²) < 4.78 is 9.72. The van der Waals surface area contributed by atoms with Crippen LogP contribution in [0.3, 0.4) is 0 Å². The van der Waals surface area contributed by atoms with Crippen molar-refractivity contribution in [1.29, 1.82) is 0 Å². The lowest BCUT2D eigenvalue weighted by molar-refractivity contribution is -0.144. The first-order valence-corrected chi connectivity index (χ1v) is 31.9. The first kappa shape index (κ1) is 65.3. The Balaban J connectivity index is 0.000000199. The second kappa shape index (κ2) is 27.6. The van der Waals surface area contributed by atoms with Crippen LogP contribution in [0.15, 0.2) is 77.8 Å². The van der Waals surface area contributed by atoms with E-state index in [0.29, 0.717) is 37.0 Å². The number of aromatic amines is 2. The van der Waals surface area contributed by atoms with Crippen molar-refractivity contribution in [2.75, 3.05) is 26.2 Å². The van der Waals surface area contributed by atoms with E-state index in [1.54, 1.807) is 27.7 Å². The molecule has 4 aromatic carbocycles. The Kier molecular flexibility index (Phi) is 20.9. The van der Waals surface area contributed by atoms with Crippen LogP contribution in [0.5, 0.6) is 0 Å². The van der Waals surface area contributed by atoms with E-state index in [-0.39, 0.29) is 41.0 Å². The van der Waals surface area contributed by atoms with Gasteiger partial charge in [0.15, 0.2) is 5.11 Å². The van der Waals surface area contributed by atoms with Gasteiger partial charge in [0.2, 0.25) is 11.8 Å². The smallest absolute Gasteiger partial charge is 0.442 e. The molecule has 2 atom stereocenters. The Morgan fingerprint density at radius 3 is 1.40 bits per heavy atom. The molecule has 4 bridgehead atoms. The molecule has 14 nitrogen and oxygen atoms in total. The van der Waals surface area contributed by atoms with Gasteiger partial charge in [0.25, 0.3) is 0 Å². The topological polar surface area (TPSA) is 187 Å². The fraction of sp³-hybridized carbons (Fsp3) is 0.514. The molecule has 4 aliphatic heterocycles. The van der Waals surface area contributed by atoms with E-state index in [1.165, 1.54) is 77.3 Å². The Morgan fingerprint density at radius 1 is 0.628 bits per heavy atom. The van der Waals surface area contributed by atoms with E-state index in [9.17, 15) is 19.2 Å². The predicted octanol–water partition coefficient (Wildman–Crippen LogP) is 15.1. The molecule has 2 aromatic heterocycles. The summed E-state index contributed by atoms with van der Waals surface area (Å²) in [5.41, 5.74) is 21.1. The number of benzene rings is 4. The maximum atomic E-state index is 14.0. The molecular formula is C70H92N8O6S2. The highest BCUT2D eigenvalue weighted by Crippen LogP contribution is 2.44.